The van der Waals surface area contributed by atoms with Crippen molar-refractivity contribution in [2.24, 2.45) is 0 Å². The molecule has 1 aromatic carbocycles. The zero-order valence-electron chi connectivity index (χ0n) is 9.94. The van der Waals surface area contributed by atoms with E-state index in [1.807, 2.05) is 12.1 Å². The van der Waals surface area contributed by atoms with Crippen LogP contribution in [0.4, 0.5) is 0 Å². The first-order chi connectivity index (χ1) is 8.33. The molecule has 1 aliphatic heterocycles. The van der Waals surface area contributed by atoms with E-state index in [-0.39, 0.29) is 0 Å². The van der Waals surface area contributed by atoms with Crippen molar-refractivity contribution in [2.75, 3.05) is 6.54 Å². The Labute approximate surface area is 101 Å². The van der Waals surface area contributed by atoms with Crippen LogP contribution in [0.2, 0.25) is 0 Å². The highest BCUT2D eigenvalue weighted by molar-refractivity contribution is 5.54. The maximum Gasteiger partial charge on any atom is 0.226 e. The van der Waals surface area contributed by atoms with E-state index < -0.39 is 0 Å². The van der Waals surface area contributed by atoms with Gasteiger partial charge in [-0.25, -0.2) is 4.98 Å². The van der Waals surface area contributed by atoms with Crippen molar-refractivity contribution in [3.05, 3.63) is 41.8 Å². The second-order valence-electron chi connectivity index (χ2n) is 4.60. The molecule has 3 rings (SSSR count). The van der Waals surface area contributed by atoms with Gasteiger partial charge in [-0.15, -0.1) is 0 Å². The third kappa shape index (κ3) is 2.11. The van der Waals surface area contributed by atoms with E-state index >= 15 is 0 Å². The van der Waals surface area contributed by atoms with Gasteiger partial charge in [0.1, 0.15) is 6.26 Å². The molecule has 17 heavy (non-hydrogen) atoms. The molecule has 2 aromatic rings. The molecule has 1 saturated heterocycles. The Hall–Kier alpha value is -1.61. The Balaban J connectivity index is 1.89. The van der Waals surface area contributed by atoms with Gasteiger partial charge in [-0.3, -0.25) is 0 Å². The van der Waals surface area contributed by atoms with Gasteiger partial charge in [0.05, 0.1) is 11.7 Å². The number of oxazole rings is 1. The van der Waals surface area contributed by atoms with Crippen LogP contribution in [0.3, 0.4) is 0 Å². The molecule has 1 fully saturated rings. The zero-order valence-corrected chi connectivity index (χ0v) is 9.94. The fourth-order valence-corrected chi connectivity index (χ4v) is 2.29. The highest BCUT2D eigenvalue weighted by atomic mass is 16.3. The molecular formula is C14H16N2O. The minimum Gasteiger partial charge on any atom is -0.444 e. The second kappa shape index (κ2) is 4.34. The van der Waals surface area contributed by atoms with E-state index in [1.54, 1.807) is 6.26 Å². The van der Waals surface area contributed by atoms with Crippen LogP contribution in [-0.4, -0.2) is 11.5 Å². The minimum atomic E-state index is 0.373. The lowest BCUT2D eigenvalue weighted by atomic mass is 10.1. The fraction of sp³-hybridized carbons (Fsp3) is 0.357. The third-order valence-corrected chi connectivity index (χ3v) is 3.20. The van der Waals surface area contributed by atoms with Gasteiger partial charge in [-0.05, 0) is 38.4 Å². The average Bonchev–Trinajstić information content (AvgIpc) is 3.00. The molecule has 2 heterocycles. The summed E-state index contributed by atoms with van der Waals surface area (Å²) in [5.41, 5.74) is 3.30. The van der Waals surface area contributed by atoms with Crippen LogP contribution in [0.25, 0.3) is 11.5 Å². The van der Waals surface area contributed by atoms with Crippen LogP contribution < -0.4 is 5.32 Å². The second-order valence-corrected chi connectivity index (χ2v) is 4.60. The Morgan fingerprint density at radius 3 is 3.12 bits per heavy atom. The molecule has 88 valence electrons. The van der Waals surface area contributed by atoms with Gasteiger partial charge < -0.3 is 9.73 Å². The summed E-state index contributed by atoms with van der Waals surface area (Å²) in [7, 11) is 0. The summed E-state index contributed by atoms with van der Waals surface area (Å²) < 4.78 is 5.57. The van der Waals surface area contributed by atoms with Crippen molar-refractivity contribution in [2.45, 2.75) is 25.8 Å². The van der Waals surface area contributed by atoms with E-state index in [1.165, 1.54) is 12.0 Å². The first kappa shape index (κ1) is 10.5. The predicted octanol–water partition coefficient (Wildman–Crippen LogP) is 3.07. The molecule has 3 heteroatoms. The Morgan fingerprint density at radius 2 is 2.35 bits per heavy atom. The molecule has 1 N–H and O–H groups in total. The van der Waals surface area contributed by atoms with Crippen molar-refractivity contribution < 1.29 is 4.42 Å². The topological polar surface area (TPSA) is 38.1 Å². The number of rotatable bonds is 2. The van der Waals surface area contributed by atoms with Gasteiger partial charge in [0.2, 0.25) is 5.89 Å². The Morgan fingerprint density at radius 1 is 1.41 bits per heavy atom. The van der Waals surface area contributed by atoms with Gasteiger partial charge in [0, 0.05) is 5.56 Å². The van der Waals surface area contributed by atoms with Gasteiger partial charge in [-0.1, -0.05) is 17.7 Å². The molecule has 0 amide bonds. The highest BCUT2D eigenvalue weighted by Gasteiger charge is 2.20. The summed E-state index contributed by atoms with van der Waals surface area (Å²) in [4.78, 5) is 4.57. The molecule has 1 aliphatic rings. The van der Waals surface area contributed by atoms with Gasteiger partial charge in [-0.2, -0.15) is 0 Å². The number of hydrogen-bond acceptors (Lipinski definition) is 3. The molecule has 1 aromatic heterocycles. The molecule has 1 atom stereocenters. The third-order valence-electron chi connectivity index (χ3n) is 3.20. The zero-order chi connectivity index (χ0) is 11.7. The summed E-state index contributed by atoms with van der Waals surface area (Å²) in [6.07, 6.45) is 4.15. The summed E-state index contributed by atoms with van der Waals surface area (Å²) >= 11 is 0. The first-order valence-electron chi connectivity index (χ1n) is 6.09. The number of nitrogens with zero attached hydrogens (tertiary/aromatic N) is 1. The fourth-order valence-electron chi connectivity index (χ4n) is 2.29. The molecular weight excluding hydrogens is 212 g/mol. The van der Waals surface area contributed by atoms with Crippen LogP contribution >= 0.6 is 0 Å². The van der Waals surface area contributed by atoms with Gasteiger partial charge in [0.25, 0.3) is 0 Å². The van der Waals surface area contributed by atoms with Crippen molar-refractivity contribution >= 4 is 0 Å². The lowest BCUT2D eigenvalue weighted by Gasteiger charge is -2.03. The van der Waals surface area contributed by atoms with Crippen LogP contribution in [0.1, 0.15) is 30.1 Å². The SMILES string of the molecule is Cc1cccc(-c2nc(C3CCCN3)co2)c1. The van der Waals surface area contributed by atoms with Crippen LogP contribution in [-0.2, 0) is 0 Å². The lowest BCUT2D eigenvalue weighted by Crippen LogP contribution is -2.12. The monoisotopic (exact) mass is 228 g/mol. The van der Waals surface area contributed by atoms with Crippen molar-refractivity contribution in [3.8, 4) is 11.5 Å². The Bertz CT molecular complexity index is 512. The van der Waals surface area contributed by atoms with E-state index in [2.05, 4.69) is 29.4 Å². The quantitative estimate of drug-likeness (QED) is 0.858. The molecule has 1 unspecified atom stereocenters. The molecule has 0 radical (unpaired) electrons. The van der Waals surface area contributed by atoms with E-state index in [4.69, 9.17) is 4.42 Å². The number of aromatic nitrogens is 1. The van der Waals surface area contributed by atoms with Crippen LogP contribution in [0.5, 0.6) is 0 Å². The normalized spacial score (nSPS) is 19.7. The number of benzene rings is 1. The smallest absolute Gasteiger partial charge is 0.226 e. The summed E-state index contributed by atoms with van der Waals surface area (Å²) in [6, 6.07) is 8.61. The molecule has 0 spiro atoms. The largest absolute Gasteiger partial charge is 0.444 e. The molecule has 0 bridgehead atoms. The van der Waals surface area contributed by atoms with E-state index in [0.717, 1.165) is 30.1 Å². The lowest BCUT2D eigenvalue weighted by molar-refractivity contribution is 0.563. The van der Waals surface area contributed by atoms with Gasteiger partial charge >= 0.3 is 0 Å². The number of nitrogens with one attached hydrogen (secondary N) is 1. The van der Waals surface area contributed by atoms with Crippen molar-refractivity contribution in [1.29, 1.82) is 0 Å². The molecule has 0 aliphatic carbocycles. The number of aryl methyl sites for hydroxylation is 1. The maximum absolute atomic E-state index is 5.57. The standard InChI is InChI=1S/C14H16N2O/c1-10-4-2-5-11(8-10)14-16-13(9-17-14)12-6-3-7-15-12/h2,4-5,8-9,12,15H,3,6-7H2,1H3. The Kier molecular flexibility index (Phi) is 2.69. The summed E-state index contributed by atoms with van der Waals surface area (Å²) in [5, 5.41) is 3.43. The van der Waals surface area contributed by atoms with Gasteiger partial charge in [0.15, 0.2) is 0 Å². The van der Waals surface area contributed by atoms with E-state index in [0.29, 0.717) is 6.04 Å². The maximum atomic E-state index is 5.57. The van der Waals surface area contributed by atoms with Crippen LogP contribution in [0.15, 0.2) is 34.9 Å². The average molecular weight is 228 g/mol. The van der Waals surface area contributed by atoms with Crippen LogP contribution in [0, 0.1) is 6.92 Å². The van der Waals surface area contributed by atoms with Crippen molar-refractivity contribution in [1.82, 2.24) is 10.3 Å². The number of hydrogen-bond donors (Lipinski definition) is 1. The highest BCUT2D eigenvalue weighted by Crippen LogP contribution is 2.26. The molecule has 0 saturated carbocycles. The predicted molar refractivity (Wildman–Crippen MR) is 66.7 cm³/mol. The molecule has 3 nitrogen and oxygen atoms in total. The minimum absolute atomic E-state index is 0.373. The van der Waals surface area contributed by atoms with Crippen molar-refractivity contribution in [3.63, 3.8) is 0 Å². The summed E-state index contributed by atoms with van der Waals surface area (Å²) in [6.45, 7) is 3.16. The first-order valence-corrected chi connectivity index (χ1v) is 6.09. The van der Waals surface area contributed by atoms with E-state index in [9.17, 15) is 0 Å². The summed E-state index contributed by atoms with van der Waals surface area (Å²) in [5.74, 6) is 0.720.